The number of rotatable bonds is 4. The number of nitrogens with zero attached hydrogens (tertiary/aromatic N) is 2. The van der Waals surface area contributed by atoms with E-state index in [0.29, 0.717) is 6.04 Å². The molecule has 0 aliphatic heterocycles. The van der Waals surface area contributed by atoms with E-state index in [0.717, 1.165) is 29.7 Å². The summed E-state index contributed by atoms with van der Waals surface area (Å²) in [7, 11) is 0. The van der Waals surface area contributed by atoms with Crippen LogP contribution in [-0.4, -0.2) is 22.6 Å². The predicted octanol–water partition coefficient (Wildman–Crippen LogP) is 3.21. The summed E-state index contributed by atoms with van der Waals surface area (Å²) >= 11 is 0. The maximum atomic E-state index is 4.39. The van der Waals surface area contributed by atoms with Crippen LogP contribution in [0.5, 0.6) is 0 Å². The minimum absolute atomic E-state index is 0.557. The summed E-state index contributed by atoms with van der Waals surface area (Å²) in [5, 5.41) is 6.88. The molecule has 1 heterocycles. The van der Waals surface area contributed by atoms with Gasteiger partial charge in [0.05, 0.1) is 0 Å². The van der Waals surface area contributed by atoms with Gasteiger partial charge >= 0.3 is 0 Å². The van der Waals surface area contributed by atoms with Crippen LogP contribution in [0, 0.1) is 12.8 Å². The molecule has 2 unspecified atom stereocenters. The SMILES string of the molecule is CCNc1ncnc(NC2CCCCC2C)c1C. The van der Waals surface area contributed by atoms with E-state index in [9.17, 15) is 0 Å². The summed E-state index contributed by atoms with van der Waals surface area (Å²) in [5.41, 5.74) is 1.12. The van der Waals surface area contributed by atoms with Gasteiger partial charge in [0.25, 0.3) is 0 Å². The Morgan fingerprint density at radius 1 is 1.22 bits per heavy atom. The van der Waals surface area contributed by atoms with Gasteiger partial charge in [0.2, 0.25) is 0 Å². The molecule has 0 amide bonds. The molecule has 0 spiro atoms. The summed E-state index contributed by atoms with van der Waals surface area (Å²) in [6.45, 7) is 7.38. The summed E-state index contributed by atoms with van der Waals surface area (Å²) < 4.78 is 0. The number of hydrogen-bond donors (Lipinski definition) is 2. The van der Waals surface area contributed by atoms with Crippen molar-refractivity contribution in [3.05, 3.63) is 11.9 Å². The van der Waals surface area contributed by atoms with E-state index < -0.39 is 0 Å². The third-order valence-electron chi connectivity index (χ3n) is 3.86. The zero-order valence-corrected chi connectivity index (χ0v) is 11.7. The fourth-order valence-electron chi connectivity index (χ4n) is 2.65. The van der Waals surface area contributed by atoms with Crippen LogP contribution in [-0.2, 0) is 0 Å². The van der Waals surface area contributed by atoms with Crippen LogP contribution < -0.4 is 10.6 Å². The average Bonchev–Trinajstić information content (AvgIpc) is 2.37. The Morgan fingerprint density at radius 3 is 2.67 bits per heavy atom. The van der Waals surface area contributed by atoms with Crippen LogP contribution in [0.4, 0.5) is 11.6 Å². The number of hydrogen-bond acceptors (Lipinski definition) is 4. The molecule has 1 fully saturated rings. The molecule has 1 saturated carbocycles. The van der Waals surface area contributed by atoms with Crippen LogP contribution >= 0.6 is 0 Å². The Kier molecular flexibility index (Phi) is 4.39. The van der Waals surface area contributed by atoms with Crippen molar-refractivity contribution in [2.24, 2.45) is 5.92 Å². The van der Waals surface area contributed by atoms with Crippen LogP contribution in [0.15, 0.2) is 6.33 Å². The van der Waals surface area contributed by atoms with Gasteiger partial charge in [-0.1, -0.05) is 19.8 Å². The highest BCUT2D eigenvalue weighted by molar-refractivity contribution is 5.56. The highest BCUT2D eigenvalue weighted by atomic mass is 15.1. The Morgan fingerprint density at radius 2 is 1.94 bits per heavy atom. The van der Waals surface area contributed by atoms with Gasteiger partial charge in [0.1, 0.15) is 18.0 Å². The lowest BCUT2D eigenvalue weighted by atomic mass is 9.86. The summed E-state index contributed by atoms with van der Waals surface area (Å²) in [6, 6.07) is 0.557. The molecule has 0 saturated heterocycles. The van der Waals surface area contributed by atoms with E-state index in [1.54, 1.807) is 6.33 Å². The van der Waals surface area contributed by atoms with Crippen LogP contribution in [0.2, 0.25) is 0 Å². The third-order valence-corrected chi connectivity index (χ3v) is 3.86. The Bertz CT molecular complexity index is 391. The summed E-state index contributed by atoms with van der Waals surface area (Å²) in [5.74, 6) is 2.66. The molecule has 0 aromatic carbocycles. The van der Waals surface area contributed by atoms with Gasteiger partial charge < -0.3 is 10.6 Å². The van der Waals surface area contributed by atoms with E-state index in [-0.39, 0.29) is 0 Å². The van der Waals surface area contributed by atoms with Crippen LogP contribution in [0.3, 0.4) is 0 Å². The van der Waals surface area contributed by atoms with Crippen molar-refractivity contribution < 1.29 is 0 Å². The van der Waals surface area contributed by atoms with E-state index in [2.05, 4.69) is 41.4 Å². The number of anilines is 2. The maximum absolute atomic E-state index is 4.39. The second kappa shape index (κ2) is 6.03. The van der Waals surface area contributed by atoms with E-state index in [4.69, 9.17) is 0 Å². The molecule has 1 aliphatic rings. The van der Waals surface area contributed by atoms with Crippen LogP contribution in [0.1, 0.15) is 45.1 Å². The molecule has 1 aliphatic carbocycles. The van der Waals surface area contributed by atoms with Gasteiger partial charge in [-0.2, -0.15) is 0 Å². The second-order valence-corrected chi connectivity index (χ2v) is 5.24. The monoisotopic (exact) mass is 248 g/mol. The van der Waals surface area contributed by atoms with Gasteiger partial charge in [-0.3, -0.25) is 0 Å². The standard InChI is InChI=1S/C14H24N4/c1-4-15-13-11(3)14(17-9-16-13)18-12-8-6-5-7-10(12)2/h9-10,12H,4-8H2,1-3H3,(H2,15,16,17,18). The lowest BCUT2D eigenvalue weighted by Gasteiger charge is -2.30. The van der Waals surface area contributed by atoms with Gasteiger partial charge in [-0.05, 0) is 32.6 Å². The van der Waals surface area contributed by atoms with Crippen molar-refractivity contribution in [1.29, 1.82) is 0 Å². The molecule has 18 heavy (non-hydrogen) atoms. The lowest BCUT2D eigenvalue weighted by molar-refractivity contribution is 0.349. The Labute approximate surface area is 110 Å². The largest absolute Gasteiger partial charge is 0.370 e. The van der Waals surface area contributed by atoms with E-state index >= 15 is 0 Å². The fourth-order valence-corrected chi connectivity index (χ4v) is 2.65. The highest BCUT2D eigenvalue weighted by Gasteiger charge is 2.22. The van der Waals surface area contributed by atoms with Crippen molar-refractivity contribution in [1.82, 2.24) is 9.97 Å². The van der Waals surface area contributed by atoms with Crippen molar-refractivity contribution in [3.63, 3.8) is 0 Å². The molecule has 2 rings (SSSR count). The van der Waals surface area contributed by atoms with Crippen LogP contribution in [0.25, 0.3) is 0 Å². The highest BCUT2D eigenvalue weighted by Crippen LogP contribution is 2.28. The third kappa shape index (κ3) is 2.92. The fraction of sp³-hybridized carbons (Fsp3) is 0.714. The normalized spacial score (nSPS) is 23.7. The number of aromatic nitrogens is 2. The van der Waals surface area contributed by atoms with Gasteiger partial charge in [0, 0.05) is 18.2 Å². The quantitative estimate of drug-likeness (QED) is 0.859. The van der Waals surface area contributed by atoms with Gasteiger partial charge in [-0.25, -0.2) is 9.97 Å². The van der Waals surface area contributed by atoms with Gasteiger partial charge in [0.15, 0.2) is 0 Å². The van der Waals surface area contributed by atoms with E-state index in [1.807, 2.05) is 0 Å². The van der Waals surface area contributed by atoms with Crippen molar-refractivity contribution >= 4 is 11.6 Å². The Hall–Kier alpha value is -1.32. The second-order valence-electron chi connectivity index (χ2n) is 5.24. The lowest BCUT2D eigenvalue weighted by Crippen LogP contribution is -2.31. The average molecular weight is 248 g/mol. The molecule has 0 bridgehead atoms. The first kappa shape index (κ1) is 13.1. The molecule has 2 atom stereocenters. The molecule has 4 heteroatoms. The first-order valence-electron chi connectivity index (χ1n) is 7.04. The maximum Gasteiger partial charge on any atom is 0.134 e. The van der Waals surface area contributed by atoms with Crippen molar-refractivity contribution in [2.75, 3.05) is 17.2 Å². The molecule has 4 nitrogen and oxygen atoms in total. The minimum Gasteiger partial charge on any atom is -0.370 e. The predicted molar refractivity (Wildman–Crippen MR) is 76.0 cm³/mol. The first-order chi connectivity index (χ1) is 8.72. The smallest absolute Gasteiger partial charge is 0.134 e. The minimum atomic E-state index is 0.557. The molecular weight excluding hydrogens is 224 g/mol. The van der Waals surface area contributed by atoms with Crippen molar-refractivity contribution in [3.8, 4) is 0 Å². The zero-order valence-electron chi connectivity index (χ0n) is 11.7. The number of nitrogens with one attached hydrogen (secondary N) is 2. The van der Waals surface area contributed by atoms with E-state index in [1.165, 1.54) is 25.7 Å². The van der Waals surface area contributed by atoms with Crippen molar-refractivity contribution in [2.45, 2.75) is 52.5 Å². The first-order valence-corrected chi connectivity index (χ1v) is 7.04. The molecule has 1 aromatic heterocycles. The molecular formula is C14H24N4. The summed E-state index contributed by atoms with van der Waals surface area (Å²) in [4.78, 5) is 8.67. The molecule has 100 valence electrons. The topological polar surface area (TPSA) is 49.8 Å². The van der Waals surface area contributed by atoms with Gasteiger partial charge in [-0.15, -0.1) is 0 Å². The molecule has 1 aromatic rings. The molecule has 2 N–H and O–H groups in total. The zero-order chi connectivity index (χ0) is 13.0. The Balaban J connectivity index is 2.10. The molecule has 0 radical (unpaired) electrons. The summed E-state index contributed by atoms with van der Waals surface area (Å²) in [6.07, 6.45) is 6.90.